The number of benzene rings is 1. The Balaban J connectivity index is 1.58. The van der Waals surface area contributed by atoms with Crippen LogP contribution in [0.1, 0.15) is 18.9 Å². The van der Waals surface area contributed by atoms with Crippen molar-refractivity contribution in [3.05, 3.63) is 35.9 Å². The summed E-state index contributed by atoms with van der Waals surface area (Å²) < 4.78 is 10.6. The molecule has 0 unspecified atom stereocenters. The van der Waals surface area contributed by atoms with E-state index in [2.05, 4.69) is 20.8 Å². The van der Waals surface area contributed by atoms with Gasteiger partial charge in [0.15, 0.2) is 17.3 Å². The van der Waals surface area contributed by atoms with Gasteiger partial charge in [-0.25, -0.2) is 0 Å². The molecule has 0 saturated carbocycles. The minimum absolute atomic E-state index is 0.0876. The average molecular weight is 300 g/mol. The SMILES string of the molecule is CCC(=O)Nc1ccc(NCc2ccc3c(c2)OCO3)nn1. The Labute approximate surface area is 127 Å². The highest BCUT2D eigenvalue weighted by Gasteiger charge is 2.13. The van der Waals surface area contributed by atoms with Gasteiger partial charge in [0.05, 0.1) is 0 Å². The summed E-state index contributed by atoms with van der Waals surface area (Å²) in [7, 11) is 0. The number of nitrogens with zero attached hydrogens (tertiary/aromatic N) is 2. The number of hydrogen-bond donors (Lipinski definition) is 2. The molecule has 1 aliphatic heterocycles. The third kappa shape index (κ3) is 3.25. The van der Waals surface area contributed by atoms with Crippen molar-refractivity contribution in [2.75, 3.05) is 17.4 Å². The zero-order chi connectivity index (χ0) is 15.4. The molecule has 1 aliphatic rings. The van der Waals surface area contributed by atoms with Crippen LogP contribution in [0.3, 0.4) is 0 Å². The van der Waals surface area contributed by atoms with Crippen molar-refractivity contribution in [2.24, 2.45) is 0 Å². The second-order valence-electron chi connectivity index (χ2n) is 4.75. The number of ether oxygens (including phenoxy) is 2. The Hall–Kier alpha value is -2.83. The van der Waals surface area contributed by atoms with E-state index in [0.717, 1.165) is 17.1 Å². The first-order valence-corrected chi connectivity index (χ1v) is 7.00. The predicted molar refractivity (Wildman–Crippen MR) is 80.8 cm³/mol. The van der Waals surface area contributed by atoms with Gasteiger partial charge in [-0.3, -0.25) is 4.79 Å². The number of anilines is 2. The van der Waals surface area contributed by atoms with Gasteiger partial charge in [0.1, 0.15) is 5.82 Å². The van der Waals surface area contributed by atoms with E-state index in [1.807, 2.05) is 18.2 Å². The van der Waals surface area contributed by atoms with Crippen LogP contribution in [-0.2, 0) is 11.3 Å². The second-order valence-corrected chi connectivity index (χ2v) is 4.75. The highest BCUT2D eigenvalue weighted by molar-refractivity contribution is 5.89. The predicted octanol–water partition coefficient (Wildman–Crippen LogP) is 2.17. The standard InChI is InChI=1S/C15H16N4O3/c1-2-15(20)17-14-6-5-13(18-19-14)16-8-10-3-4-11-12(7-10)22-9-21-11/h3-7H,2,8-9H2,1H3,(H,16,18)(H,17,19,20). The molecule has 0 aliphatic carbocycles. The fourth-order valence-corrected chi connectivity index (χ4v) is 1.97. The summed E-state index contributed by atoms with van der Waals surface area (Å²) in [6.07, 6.45) is 0.409. The zero-order valence-electron chi connectivity index (χ0n) is 12.1. The summed E-state index contributed by atoms with van der Waals surface area (Å²) in [6.45, 7) is 2.64. The molecule has 0 saturated heterocycles. The molecule has 0 radical (unpaired) electrons. The van der Waals surface area contributed by atoms with Crippen LogP contribution in [0.5, 0.6) is 11.5 Å². The van der Waals surface area contributed by atoms with Crippen molar-refractivity contribution in [2.45, 2.75) is 19.9 Å². The third-order valence-corrected chi connectivity index (χ3v) is 3.16. The van der Waals surface area contributed by atoms with Crippen molar-refractivity contribution in [1.82, 2.24) is 10.2 Å². The first-order valence-electron chi connectivity index (χ1n) is 7.00. The smallest absolute Gasteiger partial charge is 0.231 e. The Bertz CT molecular complexity index is 673. The van der Waals surface area contributed by atoms with E-state index in [1.54, 1.807) is 19.1 Å². The summed E-state index contributed by atoms with van der Waals surface area (Å²) in [6, 6.07) is 9.25. The lowest BCUT2D eigenvalue weighted by Gasteiger charge is -2.07. The lowest BCUT2D eigenvalue weighted by molar-refractivity contribution is -0.115. The van der Waals surface area contributed by atoms with Gasteiger partial charge >= 0.3 is 0 Å². The molecule has 2 heterocycles. The van der Waals surface area contributed by atoms with Gasteiger partial charge in [-0.1, -0.05) is 13.0 Å². The van der Waals surface area contributed by atoms with Crippen LogP contribution in [0, 0.1) is 0 Å². The van der Waals surface area contributed by atoms with E-state index in [0.29, 0.717) is 24.6 Å². The highest BCUT2D eigenvalue weighted by atomic mass is 16.7. The quantitative estimate of drug-likeness (QED) is 0.880. The average Bonchev–Trinajstić information content (AvgIpc) is 3.01. The molecule has 1 amide bonds. The maximum Gasteiger partial charge on any atom is 0.231 e. The van der Waals surface area contributed by atoms with Crippen LogP contribution in [0.4, 0.5) is 11.6 Å². The van der Waals surface area contributed by atoms with Crippen molar-refractivity contribution < 1.29 is 14.3 Å². The van der Waals surface area contributed by atoms with Gasteiger partial charge in [0.25, 0.3) is 0 Å². The molecule has 114 valence electrons. The fourth-order valence-electron chi connectivity index (χ4n) is 1.97. The highest BCUT2D eigenvalue weighted by Crippen LogP contribution is 2.32. The molecule has 1 aromatic carbocycles. The van der Waals surface area contributed by atoms with E-state index >= 15 is 0 Å². The number of nitrogens with one attached hydrogen (secondary N) is 2. The summed E-state index contributed by atoms with van der Waals surface area (Å²) in [5, 5.41) is 13.8. The van der Waals surface area contributed by atoms with Crippen molar-refractivity contribution >= 4 is 17.5 Å². The maximum atomic E-state index is 11.3. The maximum absolute atomic E-state index is 11.3. The fraction of sp³-hybridized carbons (Fsp3) is 0.267. The molecule has 7 heteroatoms. The van der Waals surface area contributed by atoms with Gasteiger partial charge in [0, 0.05) is 13.0 Å². The van der Waals surface area contributed by atoms with Crippen molar-refractivity contribution in [3.8, 4) is 11.5 Å². The molecule has 3 rings (SSSR count). The first kappa shape index (κ1) is 14.1. The first-order chi connectivity index (χ1) is 10.7. The Morgan fingerprint density at radius 1 is 1.14 bits per heavy atom. The van der Waals surface area contributed by atoms with E-state index in [-0.39, 0.29) is 12.7 Å². The number of amides is 1. The Morgan fingerprint density at radius 2 is 1.91 bits per heavy atom. The third-order valence-electron chi connectivity index (χ3n) is 3.16. The van der Waals surface area contributed by atoms with Crippen LogP contribution in [0.25, 0.3) is 0 Å². The number of fused-ring (bicyclic) bond motifs is 1. The number of hydrogen-bond acceptors (Lipinski definition) is 6. The summed E-state index contributed by atoms with van der Waals surface area (Å²) >= 11 is 0. The minimum Gasteiger partial charge on any atom is -0.454 e. The number of aromatic nitrogens is 2. The monoisotopic (exact) mass is 300 g/mol. The van der Waals surface area contributed by atoms with Crippen LogP contribution >= 0.6 is 0 Å². The zero-order valence-corrected chi connectivity index (χ0v) is 12.1. The molecule has 1 aromatic heterocycles. The molecular formula is C15H16N4O3. The molecule has 2 aromatic rings. The molecule has 0 spiro atoms. The summed E-state index contributed by atoms with van der Waals surface area (Å²) in [5.41, 5.74) is 1.05. The van der Waals surface area contributed by atoms with Crippen molar-refractivity contribution in [1.29, 1.82) is 0 Å². The van der Waals surface area contributed by atoms with Gasteiger partial charge in [-0.15, -0.1) is 10.2 Å². The molecule has 7 nitrogen and oxygen atoms in total. The Morgan fingerprint density at radius 3 is 2.68 bits per heavy atom. The van der Waals surface area contributed by atoms with Gasteiger partial charge in [-0.2, -0.15) is 0 Å². The minimum atomic E-state index is -0.0876. The Kier molecular flexibility index (Phi) is 4.04. The molecule has 2 N–H and O–H groups in total. The molecule has 0 atom stereocenters. The van der Waals surface area contributed by atoms with Crippen molar-refractivity contribution in [3.63, 3.8) is 0 Å². The van der Waals surface area contributed by atoms with Crippen LogP contribution in [0.15, 0.2) is 30.3 Å². The van der Waals surface area contributed by atoms with E-state index < -0.39 is 0 Å². The van der Waals surface area contributed by atoms with Gasteiger partial charge < -0.3 is 20.1 Å². The van der Waals surface area contributed by atoms with Crippen LogP contribution < -0.4 is 20.1 Å². The van der Waals surface area contributed by atoms with E-state index in [9.17, 15) is 4.79 Å². The topological polar surface area (TPSA) is 85.4 Å². The second kappa shape index (κ2) is 6.30. The largest absolute Gasteiger partial charge is 0.454 e. The van der Waals surface area contributed by atoms with E-state index in [4.69, 9.17) is 9.47 Å². The van der Waals surface area contributed by atoms with Crippen LogP contribution in [-0.4, -0.2) is 22.9 Å². The van der Waals surface area contributed by atoms with Gasteiger partial charge in [-0.05, 0) is 29.8 Å². The normalized spacial score (nSPS) is 12.0. The molecule has 22 heavy (non-hydrogen) atoms. The molecule has 0 fully saturated rings. The number of carbonyl (C=O) groups is 1. The van der Waals surface area contributed by atoms with Crippen LogP contribution in [0.2, 0.25) is 0 Å². The summed E-state index contributed by atoms with van der Waals surface area (Å²) in [4.78, 5) is 11.3. The number of rotatable bonds is 5. The lowest BCUT2D eigenvalue weighted by Crippen LogP contribution is -2.11. The summed E-state index contributed by atoms with van der Waals surface area (Å²) in [5.74, 6) is 2.51. The molecular weight excluding hydrogens is 284 g/mol. The lowest BCUT2D eigenvalue weighted by atomic mass is 10.2. The number of carbonyl (C=O) groups excluding carboxylic acids is 1. The van der Waals surface area contributed by atoms with Gasteiger partial charge in [0.2, 0.25) is 12.7 Å². The van der Waals surface area contributed by atoms with E-state index in [1.165, 1.54) is 0 Å². The molecule has 0 bridgehead atoms.